The van der Waals surface area contributed by atoms with Crippen molar-refractivity contribution in [1.82, 2.24) is 0 Å². The molecule has 2 aromatic rings. The van der Waals surface area contributed by atoms with E-state index >= 15 is 0 Å². The minimum Gasteiger partial charge on any atom is -0.493 e. The van der Waals surface area contributed by atoms with Crippen molar-refractivity contribution in [3.63, 3.8) is 0 Å². The Hall–Kier alpha value is -1.95. The summed E-state index contributed by atoms with van der Waals surface area (Å²) in [6, 6.07) is 11.9. The van der Waals surface area contributed by atoms with E-state index in [-0.39, 0.29) is 0 Å². The first-order valence-corrected chi connectivity index (χ1v) is 11.2. The fraction of sp³-hybridized carbons (Fsp3) is 0.250. The molecule has 29 heavy (non-hydrogen) atoms. The average Bonchev–Trinajstić information content (AvgIpc) is 2.71. The zero-order valence-electron chi connectivity index (χ0n) is 16.7. The second-order valence-electron chi connectivity index (χ2n) is 6.77. The molecule has 152 valence electrons. The van der Waals surface area contributed by atoms with Crippen LogP contribution in [-0.4, -0.2) is 18.0 Å². The monoisotopic (exact) mass is 472 g/mol. The fourth-order valence-electron chi connectivity index (χ4n) is 3.18. The number of allylic oxidation sites excluding steroid dienone is 4. The summed E-state index contributed by atoms with van der Waals surface area (Å²) in [5.74, 6) is 2.18. The molecule has 1 unspecified atom stereocenters. The molecule has 1 aliphatic rings. The van der Waals surface area contributed by atoms with E-state index in [4.69, 9.17) is 9.47 Å². The number of ether oxygens (including phenoxy) is 2. The summed E-state index contributed by atoms with van der Waals surface area (Å²) in [4.78, 5) is 0.884. The Morgan fingerprint density at radius 3 is 2.72 bits per heavy atom. The first-order chi connectivity index (χ1) is 14.0. The van der Waals surface area contributed by atoms with Gasteiger partial charge < -0.3 is 14.6 Å². The van der Waals surface area contributed by atoms with Crippen LogP contribution in [0.1, 0.15) is 29.2 Å². The van der Waals surface area contributed by atoms with Gasteiger partial charge in [-0.1, -0.05) is 49.1 Å². The van der Waals surface area contributed by atoms with Crippen molar-refractivity contribution in [2.45, 2.75) is 26.1 Å². The van der Waals surface area contributed by atoms with Gasteiger partial charge in [0.2, 0.25) is 0 Å². The maximum atomic E-state index is 11.1. The number of methoxy groups -OCH3 is 1. The molecule has 0 saturated carbocycles. The number of rotatable bonds is 6. The van der Waals surface area contributed by atoms with Crippen molar-refractivity contribution in [1.29, 1.82) is 0 Å². The molecule has 0 fully saturated rings. The Labute approximate surface area is 185 Å². The van der Waals surface area contributed by atoms with Crippen LogP contribution in [0.3, 0.4) is 0 Å². The van der Waals surface area contributed by atoms with Gasteiger partial charge in [0.05, 0.1) is 11.6 Å². The molecular weight excluding hydrogens is 448 g/mol. The summed E-state index contributed by atoms with van der Waals surface area (Å²) in [6.45, 7) is 6.42. The van der Waals surface area contributed by atoms with Crippen molar-refractivity contribution >= 4 is 27.7 Å². The van der Waals surface area contributed by atoms with E-state index in [2.05, 4.69) is 28.6 Å². The summed E-state index contributed by atoms with van der Waals surface area (Å²) in [5.41, 5.74) is 3.61. The van der Waals surface area contributed by atoms with Crippen molar-refractivity contribution < 1.29 is 14.6 Å². The van der Waals surface area contributed by atoms with E-state index in [9.17, 15) is 5.11 Å². The lowest BCUT2D eigenvalue weighted by molar-refractivity contribution is 0.222. The number of aliphatic hydroxyl groups is 1. The van der Waals surface area contributed by atoms with Gasteiger partial charge in [-0.15, -0.1) is 11.8 Å². The molecule has 0 amide bonds. The van der Waals surface area contributed by atoms with E-state index in [1.54, 1.807) is 18.9 Å². The summed E-state index contributed by atoms with van der Waals surface area (Å²) >= 11 is 5.26. The summed E-state index contributed by atoms with van der Waals surface area (Å²) in [5, 5.41) is 11.1. The third-order valence-electron chi connectivity index (χ3n) is 4.69. The first-order valence-electron chi connectivity index (χ1n) is 9.43. The number of hydrogen-bond donors (Lipinski definition) is 1. The molecule has 0 bridgehead atoms. The molecule has 0 spiro atoms. The molecule has 0 aliphatic carbocycles. The zero-order chi connectivity index (χ0) is 20.8. The highest BCUT2D eigenvalue weighted by atomic mass is 79.9. The molecule has 1 heterocycles. The van der Waals surface area contributed by atoms with Gasteiger partial charge >= 0.3 is 0 Å². The molecular formula is C24H25BrO3S. The lowest BCUT2D eigenvalue weighted by Gasteiger charge is -2.22. The van der Waals surface area contributed by atoms with Crippen LogP contribution in [0, 0.1) is 6.92 Å². The van der Waals surface area contributed by atoms with Gasteiger partial charge in [0.1, 0.15) is 12.7 Å². The molecule has 1 aliphatic heterocycles. The second kappa shape index (κ2) is 10.2. The van der Waals surface area contributed by atoms with Crippen LogP contribution in [0.15, 0.2) is 76.2 Å². The van der Waals surface area contributed by atoms with Gasteiger partial charge in [0, 0.05) is 16.2 Å². The largest absolute Gasteiger partial charge is 0.493 e. The van der Waals surface area contributed by atoms with Crippen LogP contribution in [0.25, 0.3) is 0 Å². The maximum absolute atomic E-state index is 11.1. The van der Waals surface area contributed by atoms with Gasteiger partial charge in [0.15, 0.2) is 11.5 Å². The summed E-state index contributed by atoms with van der Waals surface area (Å²) < 4.78 is 12.5. The molecule has 3 rings (SSSR count). The third kappa shape index (κ3) is 5.35. The Morgan fingerprint density at radius 2 is 2.00 bits per heavy atom. The lowest BCUT2D eigenvalue weighted by atomic mass is 10.0. The smallest absolute Gasteiger partial charge is 0.176 e. The average molecular weight is 473 g/mol. The number of aliphatic hydroxyl groups excluding tert-OH is 1. The van der Waals surface area contributed by atoms with Gasteiger partial charge in [-0.25, -0.2) is 0 Å². The van der Waals surface area contributed by atoms with E-state index in [0.29, 0.717) is 18.1 Å². The van der Waals surface area contributed by atoms with Gasteiger partial charge in [0.25, 0.3) is 0 Å². The molecule has 2 aromatic carbocycles. The van der Waals surface area contributed by atoms with Crippen LogP contribution in [0.2, 0.25) is 0 Å². The zero-order valence-corrected chi connectivity index (χ0v) is 19.1. The second-order valence-corrected chi connectivity index (χ2v) is 8.80. The summed E-state index contributed by atoms with van der Waals surface area (Å²) in [7, 11) is 1.62. The lowest BCUT2D eigenvalue weighted by Crippen LogP contribution is -2.07. The van der Waals surface area contributed by atoms with E-state index in [1.165, 1.54) is 0 Å². The molecule has 3 nitrogen and oxygen atoms in total. The summed E-state index contributed by atoms with van der Waals surface area (Å²) in [6.07, 6.45) is 6.25. The normalized spacial score (nSPS) is 18.2. The molecule has 5 heteroatoms. The number of thioether (sulfide) groups is 1. The standard InChI is InChI=1S/C24H25BrO3S/c1-16-9-7-8-12-29-21(13-16)22(26)19-14-20(25)24(23(27-3)17(19)2)28-15-18-10-5-4-6-11-18/h4-7,9-11,13-14,22,26H,1,8,12,15H2,2-3H3/b9-7-,21-13-. The number of benzene rings is 2. The molecule has 0 aromatic heterocycles. The Bertz CT molecular complexity index is 935. The van der Waals surface area contributed by atoms with Gasteiger partial charge in [-0.2, -0.15) is 0 Å². The minimum absolute atomic E-state index is 0.435. The first kappa shape index (κ1) is 21.8. The highest BCUT2D eigenvalue weighted by molar-refractivity contribution is 9.10. The van der Waals surface area contributed by atoms with E-state index < -0.39 is 6.10 Å². The maximum Gasteiger partial charge on any atom is 0.176 e. The fourth-order valence-corrected chi connectivity index (χ4v) is 4.73. The van der Waals surface area contributed by atoms with Crippen molar-refractivity contribution in [3.8, 4) is 11.5 Å². The molecule has 0 radical (unpaired) electrons. The van der Waals surface area contributed by atoms with Gasteiger partial charge in [-0.05, 0) is 58.1 Å². The highest BCUT2D eigenvalue weighted by Gasteiger charge is 2.23. The van der Waals surface area contributed by atoms with Crippen LogP contribution in [0.4, 0.5) is 0 Å². The quantitative estimate of drug-likeness (QED) is 0.519. The molecule has 1 N–H and O–H groups in total. The SMILES string of the molecule is C=C1/C=C\CCS/C(C(O)c2cc(Br)c(OCc3ccccc3)c(OC)c2C)=C\1. The van der Waals surface area contributed by atoms with E-state index in [1.807, 2.05) is 55.5 Å². The van der Waals surface area contributed by atoms with Crippen LogP contribution >= 0.6 is 27.7 Å². The Morgan fingerprint density at radius 1 is 1.24 bits per heavy atom. The predicted molar refractivity (Wildman–Crippen MR) is 125 cm³/mol. The van der Waals surface area contributed by atoms with E-state index in [0.717, 1.165) is 43.8 Å². The van der Waals surface area contributed by atoms with Crippen molar-refractivity contribution in [2.75, 3.05) is 12.9 Å². The minimum atomic E-state index is -0.753. The molecule has 0 saturated heterocycles. The van der Waals surface area contributed by atoms with Crippen molar-refractivity contribution in [3.05, 3.63) is 92.8 Å². The van der Waals surface area contributed by atoms with Crippen LogP contribution < -0.4 is 9.47 Å². The molecule has 1 atom stereocenters. The van der Waals surface area contributed by atoms with Crippen molar-refractivity contribution in [2.24, 2.45) is 0 Å². The van der Waals surface area contributed by atoms with Gasteiger partial charge in [-0.3, -0.25) is 0 Å². The third-order valence-corrected chi connectivity index (χ3v) is 6.39. The Kier molecular flexibility index (Phi) is 7.64. The Balaban J connectivity index is 1.92. The van der Waals surface area contributed by atoms with Crippen LogP contribution in [-0.2, 0) is 6.61 Å². The predicted octanol–water partition coefficient (Wildman–Crippen LogP) is 6.51. The number of halogens is 1. The topological polar surface area (TPSA) is 38.7 Å². The number of hydrogen-bond acceptors (Lipinski definition) is 4. The van der Waals surface area contributed by atoms with Crippen LogP contribution in [0.5, 0.6) is 11.5 Å². The highest BCUT2D eigenvalue weighted by Crippen LogP contribution is 2.44.